The molecule has 10 nitrogen and oxygen atoms in total. The van der Waals surface area contributed by atoms with E-state index in [2.05, 4.69) is 20.3 Å². The fourth-order valence-electron chi connectivity index (χ4n) is 4.38. The van der Waals surface area contributed by atoms with Crippen molar-refractivity contribution in [1.29, 1.82) is 0 Å². The lowest BCUT2D eigenvalue weighted by Gasteiger charge is -2.15. The van der Waals surface area contributed by atoms with E-state index >= 15 is 0 Å². The number of aliphatic hydroxyl groups is 1. The van der Waals surface area contributed by atoms with Gasteiger partial charge in [-0.2, -0.15) is 10.2 Å². The summed E-state index contributed by atoms with van der Waals surface area (Å²) in [7, 11) is 1.58. The fourth-order valence-corrected chi connectivity index (χ4v) is 4.55. The van der Waals surface area contributed by atoms with Gasteiger partial charge in [0.05, 0.1) is 25.5 Å². The van der Waals surface area contributed by atoms with Crippen LogP contribution in [0.1, 0.15) is 16.8 Å². The number of anilines is 1. The Morgan fingerprint density at radius 3 is 3.03 bits per heavy atom. The van der Waals surface area contributed by atoms with Gasteiger partial charge in [-0.15, -0.1) is 0 Å². The highest BCUT2D eigenvalue weighted by Crippen LogP contribution is 2.36. The van der Waals surface area contributed by atoms with Crippen LogP contribution in [0.2, 0.25) is 5.02 Å². The van der Waals surface area contributed by atoms with E-state index in [9.17, 15) is 9.90 Å². The smallest absolute Gasteiger partial charge is 0.261 e. The Balaban J connectivity index is 1.45. The molecule has 0 saturated carbocycles. The van der Waals surface area contributed by atoms with Gasteiger partial charge in [0.25, 0.3) is 5.91 Å². The molecule has 0 radical (unpaired) electrons. The molecule has 1 unspecified atom stereocenters. The zero-order valence-corrected chi connectivity index (χ0v) is 20.0. The molecule has 1 fully saturated rings. The van der Waals surface area contributed by atoms with Crippen LogP contribution < -0.4 is 10.1 Å². The molecular formula is C24H26ClN7O3. The predicted octanol–water partition coefficient (Wildman–Crippen LogP) is 2.82. The molecule has 4 aromatic rings. The quantitative estimate of drug-likeness (QED) is 0.387. The lowest BCUT2D eigenvalue weighted by Crippen LogP contribution is -2.26. The van der Waals surface area contributed by atoms with Gasteiger partial charge in [-0.05, 0) is 43.1 Å². The largest absolute Gasteiger partial charge is 0.496 e. The van der Waals surface area contributed by atoms with Crippen molar-refractivity contribution in [3.05, 3.63) is 59.6 Å². The topological polar surface area (TPSA) is 110 Å². The maximum Gasteiger partial charge on any atom is 0.261 e. The number of aliphatic hydroxyl groups excluding tert-OH is 1. The van der Waals surface area contributed by atoms with Crippen molar-refractivity contribution in [1.82, 2.24) is 29.3 Å². The number of ether oxygens (including phenoxy) is 1. The molecule has 1 aliphatic heterocycles. The van der Waals surface area contributed by atoms with Crippen LogP contribution in [-0.4, -0.2) is 73.6 Å². The van der Waals surface area contributed by atoms with Crippen molar-refractivity contribution < 1.29 is 14.6 Å². The Morgan fingerprint density at radius 1 is 1.34 bits per heavy atom. The molecular weight excluding hydrogens is 470 g/mol. The molecule has 3 aromatic heterocycles. The van der Waals surface area contributed by atoms with Gasteiger partial charge in [0.2, 0.25) is 0 Å². The minimum Gasteiger partial charge on any atom is -0.496 e. The molecule has 0 aliphatic carbocycles. The minimum atomic E-state index is -0.342. The lowest BCUT2D eigenvalue weighted by atomic mass is 10.1. The van der Waals surface area contributed by atoms with Crippen LogP contribution in [0.15, 0.2) is 49.1 Å². The summed E-state index contributed by atoms with van der Waals surface area (Å²) in [6.45, 7) is 3.45. The molecule has 182 valence electrons. The van der Waals surface area contributed by atoms with Gasteiger partial charge in [-0.25, -0.2) is 9.50 Å². The number of hydrogen-bond donors (Lipinski definition) is 2. The first-order chi connectivity index (χ1) is 17.1. The number of hydrogen-bond acceptors (Lipinski definition) is 7. The number of methoxy groups -OCH3 is 1. The zero-order valence-electron chi connectivity index (χ0n) is 19.3. The van der Waals surface area contributed by atoms with Crippen LogP contribution in [0.4, 0.5) is 5.69 Å². The van der Waals surface area contributed by atoms with Gasteiger partial charge in [0, 0.05) is 48.9 Å². The number of rotatable bonds is 8. The SMILES string of the molecule is COc1ccc(Cl)cc1-c1nn(CCN2CCC(CO)C2)cc1NC(=O)c1cnn2cccnc12. The Bertz CT molecular complexity index is 1350. The molecule has 1 atom stereocenters. The summed E-state index contributed by atoms with van der Waals surface area (Å²) in [6.07, 6.45) is 7.65. The molecule has 1 aromatic carbocycles. The lowest BCUT2D eigenvalue weighted by molar-refractivity contribution is 0.102. The molecule has 1 amide bonds. The molecule has 11 heteroatoms. The molecule has 1 aliphatic rings. The predicted molar refractivity (Wildman–Crippen MR) is 132 cm³/mol. The molecule has 4 heterocycles. The van der Waals surface area contributed by atoms with Crippen molar-refractivity contribution in [2.24, 2.45) is 5.92 Å². The minimum absolute atomic E-state index is 0.214. The molecule has 35 heavy (non-hydrogen) atoms. The van der Waals surface area contributed by atoms with E-state index in [4.69, 9.17) is 21.4 Å². The van der Waals surface area contributed by atoms with Gasteiger partial charge in [0.1, 0.15) is 17.0 Å². The van der Waals surface area contributed by atoms with E-state index in [1.54, 1.807) is 48.3 Å². The highest BCUT2D eigenvalue weighted by Gasteiger charge is 2.23. The van der Waals surface area contributed by atoms with E-state index in [-0.39, 0.29) is 12.5 Å². The van der Waals surface area contributed by atoms with E-state index in [0.717, 1.165) is 26.1 Å². The standard InChI is InChI=1S/C24H26ClN7O3/c1-35-21-4-3-17(25)11-18(21)22-20(14-31(29-22)10-9-30-8-5-16(13-30)15-33)28-24(34)19-12-27-32-7-2-6-26-23(19)32/h2-4,6-7,11-12,14,16,33H,5,8-10,13,15H2,1H3,(H,28,34). The Morgan fingerprint density at radius 2 is 2.23 bits per heavy atom. The van der Waals surface area contributed by atoms with Crippen LogP contribution >= 0.6 is 11.6 Å². The van der Waals surface area contributed by atoms with Crippen molar-refractivity contribution in [3.8, 4) is 17.0 Å². The van der Waals surface area contributed by atoms with Gasteiger partial charge in [-0.3, -0.25) is 9.48 Å². The van der Waals surface area contributed by atoms with Gasteiger partial charge < -0.3 is 20.1 Å². The third kappa shape index (κ3) is 4.86. The summed E-state index contributed by atoms with van der Waals surface area (Å²) in [5.41, 5.74) is 2.58. The van der Waals surface area contributed by atoms with Gasteiger partial charge in [0.15, 0.2) is 5.65 Å². The molecule has 0 bridgehead atoms. The highest BCUT2D eigenvalue weighted by atomic mass is 35.5. The van der Waals surface area contributed by atoms with Crippen LogP contribution in [0, 0.1) is 5.92 Å². The highest BCUT2D eigenvalue weighted by molar-refractivity contribution is 6.31. The monoisotopic (exact) mass is 495 g/mol. The van der Waals surface area contributed by atoms with Crippen LogP contribution in [0.3, 0.4) is 0 Å². The van der Waals surface area contributed by atoms with Crippen molar-refractivity contribution >= 4 is 28.8 Å². The van der Waals surface area contributed by atoms with E-state index in [1.165, 1.54) is 6.20 Å². The van der Waals surface area contributed by atoms with E-state index < -0.39 is 0 Å². The van der Waals surface area contributed by atoms with Crippen molar-refractivity contribution in [2.45, 2.75) is 13.0 Å². The number of likely N-dealkylation sites (tertiary alicyclic amines) is 1. The number of nitrogens with one attached hydrogen (secondary N) is 1. The van der Waals surface area contributed by atoms with Crippen LogP contribution in [-0.2, 0) is 6.54 Å². The maximum atomic E-state index is 13.2. The summed E-state index contributed by atoms with van der Waals surface area (Å²) in [6, 6.07) is 7.04. The van der Waals surface area contributed by atoms with E-state index in [0.29, 0.717) is 51.4 Å². The average Bonchev–Trinajstić information content (AvgIpc) is 3.60. The van der Waals surface area contributed by atoms with Crippen molar-refractivity contribution in [3.63, 3.8) is 0 Å². The zero-order chi connectivity index (χ0) is 24.4. The maximum absolute atomic E-state index is 13.2. The summed E-state index contributed by atoms with van der Waals surface area (Å²) >= 11 is 6.29. The summed E-state index contributed by atoms with van der Waals surface area (Å²) < 4.78 is 8.91. The molecule has 5 rings (SSSR count). The van der Waals surface area contributed by atoms with Crippen molar-refractivity contribution in [2.75, 3.05) is 38.7 Å². The molecule has 1 saturated heterocycles. The number of amides is 1. The first kappa shape index (κ1) is 23.3. The Labute approximate surface area is 207 Å². The first-order valence-electron chi connectivity index (χ1n) is 11.4. The summed E-state index contributed by atoms with van der Waals surface area (Å²) in [5, 5.41) is 21.9. The Hall–Kier alpha value is -3.47. The van der Waals surface area contributed by atoms with Crippen LogP contribution in [0.5, 0.6) is 5.75 Å². The second-order valence-corrected chi connectivity index (χ2v) is 8.97. The number of aromatic nitrogens is 5. The summed E-state index contributed by atoms with van der Waals surface area (Å²) in [4.78, 5) is 19.8. The second kappa shape index (κ2) is 10.0. The number of halogens is 1. The van der Waals surface area contributed by atoms with E-state index in [1.807, 2.05) is 10.9 Å². The number of fused-ring (bicyclic) bond motifs is 1. The van der Waals surface area contributed by atoms with Gasteiger partial charge >= 0.3 is 0 Å². The number of nitrogens with zero attached hydrogens (tertiary/aromatic N) is 6. The van der Waals surface area contributed by atoms with Gasteiger partial charge in [-0.1, -0.05) is 11.6 Å². The first-order valence-corrected chi connectivity index (χ1v) is 11.8. The number of carbonyl (C=O) groups excluding carboxylic acids is 1. The number of carbonyl (C=O) groups is 1. The number of benzene rings is 1. The summed E-state index contributed by atoms with van der Waals surface area (Å²) in [5.74, 6) is 0.581. The third-order valence-electron chi connectivity index (χ3n) is 6.22. The Kier molecular flexibility index (Phi) is 6.67. The fraction of sp³-hybridized carbons (Fsp3) is 0.333. The molecule has 2 N–H and O–H groups in total. The normalized spacial score (nSPS) is 16.1. The average molecular weight is 496 g/mol. The molecule has 0 spiro atoms. The second-order valence-electron chi connectivity index (χ2n) is 8.54. The van der Waals surface area contributed by atoms with Crippen LogP contribution in [0.25, 0.3) is 16.9 Å². The third-order valence-corrected chi connectivity index (χ3v) is 6.46.